The van der Waals surface area contributed by atoms with Gasteiger partial charge in [0, 0.05) is 12.8 Å². The maximum Gasteiger partial charge on any atom is 0.305 e. The van der Waals surface area contributed by atoms with Crippen molar-refractivity contribution in [3.63, 3.8) is 0 Å². The first-order valence-corrected chi connectivity index (χ1v) is 34.9. The predicted molar refractivity (Wildman–Crippen MR) is 342 cm³/mol. The molecule has 78 heavy (non-hydrogen) atoms. The minimum atomic E-state index is -0.846. The first kappa shape index (κ1) is 75.8. The molecule has 0 aromatic carbocycles. The Morgan fingerprint density at radius 2 is 0.641 bits per heavy atom. The minimum absolute atomic E-state index is 0.00317. The van der Waals surface area contributed by atoms with Crippen LogP contribution in [-0.2, 0) is 14.3 Å². The van der Waals surface area contributed by atoms with Crippen LogP contribution in [0, 0.1) is 0 Å². The van der Waals surface area contributed by atoms with Crippen LogP contribution in [-0.4, -0.2) is 47.4 Å². The summed E-state index contributed by atoms with van der Waals surface area (Å²) in [5.41, 5.74) is 0. The summed E-state index contributed by atoms with van der Waals surface area (Å²) in [6, 6.07) is -0.630. The van der Waals surface area contributed by atoms with Gasteiger partial charge in [0.25, 0.3) is 0 Å². The van der Waals surface area contributed by atoms with E-state index in [1.165, 1.54) is 295 Å². The van der Waals surface area contributed by atoms with Crippen molar-refractivity contribution in [2.45, 2.75) is 386 Å². The maximum absolute atomic E-state index is 12.5. The van der Waals surface area contributed by atoms with Crippen molar-refractivity contribution in [3.05, 3.63) is 48.6 Å². The molecule has 6 nitrogen and oxygen atoms in total. The molecule has 3 N–H and O–H groups in total. The molecule has 2 unspecified atom stereocenters. The summed E-state index contributed by atoms with van der Waals surface area (Å²) in [6.07, 6.45) is 87.5. The molecule has 0 fully saturated rings. The van der Waals surface area contributed by atoms with E-state index in [1.54, 1.807) is 6.08 Å². The van der Waals surface area contributed by atoms with Gasteiger partial charge in [-0.05, 0) is 89.9 Å². The Bertz CT molecular complexity index is 1310. The van der Waals surface area contributed by atoms with Gasteiger partial charge in [-0.1, -0.05) is 319 Å². The van der Waals surface area contributed by atoms with Gasteiger partial charge in [0.2, 0.25) is 5.91 Å². The van der Waals surface area contributed by atoms with E-state index >= 15 is 0 Å². The fraction of sp³-hybridized carbons (Fsp3) is 0.861. The summed E-state index contributed by atoms with van der Waals surface area (Å²) in [6.45, 7) is 4.91. The molecular weight excluding hydrogens is 959 g/mol. The molecule has 0 rings (SSSR count). The number of esters is 1. The molecule has 0 spiro atoms. The number of amides is 1. The van der Waals surface area contributed by atoms with Gasteiger partial charge >= 0.3 is 5.97 Å². The van der Waals surface area contributed by atoms with E-state index < -0.39 is 12.1 Å². The van der Waals surface area contributed by atoms with Gasteiger partial charge in [0.1, 0.15) is 0 Å². The van der Waals surface area contributed by atoms with Crippen molar-refractivity contribution >= 4 is 11.9 Å². The van der Waals surface area contributed by atoms with Crippen LogP contribution in [0.4, 0.5) is 0 Å². The minimum Gasteiger partial charge on any atom is -0.466 e. The van der Waals surface area contributed by atoms with Gasteiger partial charge in [-0.15, -0.1) is 0 Å². The highest BCUT2D eigenvalue weighted by molar-refractivity contribution is 5.76. The third-order valence-corrected chi connectivity index (χ3v) is 16.1. The zero-order chi connectivity index (χ0) is 56.4. The lowest BCUT2D eigenvalue weighted by molar-refractivity contribution is -0.143. The van der Waals surface area contributed by atoms with E-state index in [0.717, 1.165) is 51.4 Å². The van der Waals surface area contributed by atoms with Crippen molar-refractivity contribution in [1.82, 2.24) is 5.32 Å². The Balaban J connectivity index is 3.43. The van der Waals surface area contributed by atoms with Crippen molar-refractivity contribution in [2.24, 2.45) is 0 Å². The SMILES string of the molecule is CCCCCCC/C=C\CCCCCCCC(=O)OCCCCCCCCCCC/C=C\C/C=C\CCCCCCCCCCCCCCCC(=O)NC(CO)C(O)/C=C/CCCCCCCCCCCCCCCCCC. The third kappa shape index (κ3) is 63.0. The summed E-state index contributed by atoms with van der Waals surface area (Å²) in [5.74, 6) is -0.0634. The first-order chi connectivity index (χ1) is 38.5. The van der Waals surface area contributed by atoms with Crippen LogP contribution in [0.1, 0.15) is 373 Å². The summed E-state index contributed by atoms with van der Waals surface area (Å²) < 4.78 is 5.48. The molecule has 0 heterocycles. The first-order valence-electron chi connectivity index (χ1n) is 34.9. The number of aliphatic hydroxyl groups excluding tert-OH is 2. The lowest BCUT2D eigenvalue weighted by Gasteiger charge is -2.20. The van der Waals surface area contributed by atoms with Gasteiger partial charge in [0.05, 0.1) is 25.4 Å². The second kappa shape index (κ2) is 67.3. The zero-order valence-corrected chi connectivity index (χ0v) is 52.4. The van der Waals surface area contributed by atoms with Gasteiger partial charge in [-0.25, -0.2) is 0 Å². The molecule has 0 aromatic heterocycles. The standard InChI is InChI=1S/C72H135NO5/c1-3-5-7-9-11-13-15-17-19-20-34-37-40-44-48-52-56-60-64-70(75)69(68-74)73-71(76)65-61-57-53-49-45-41-38-35-32-30-28-26-24-22-21-23-25-27-29-31-33-36-39-43-47-51-55-59-63-67-78-72(77)66-62-58-54-50-46-42-18-16-14-12-10-8-6-4-2/h16,18,21,23,27,29,60,64,69-70,74-75H,3-15,17,19-20,22,24-26,28,30-59,61-63,65-68H2,1-2H3,(H,73,76)/b18-16-,23-21-,29-27-,64-60+. The fourth-order valence-corrected chi connectivity index (χ4v) is 10.7. The molecule has 0 aromatic rings. The summed E-state index contributed by atoms with van der Waals surface area (Å²) in [4.78, 5) is 24.6. The van der Waals surface area contributed by atoms with Crippen LogP contribution in [0.3, 0.4) is 0 Å². The number of hydrogen-bond acceptors (Lipinski definition) is 5. The highest BCUT2D eigenvalue weighted by Gasteiger charge is 2.18. The predicted octanol–water partition coefficient (Wildman–Crippen LogP) is 22.5. The molecule has 2 atom stereocenters. The summed E-state index contributed by atoms with van der Waals surface area (Å²) >= 11 is 0. The largest absolute Gasteiger partial charge is 0.466 e. The number of ether oxygens (including phenoxy) is 1. The van der Waals surface area contributed by atoms with Crippen LogP contribution >= 0.6 is 0 Å². The van der Waals surface area contributed by atoms with E-state index in [2.05, 4.69) is 55.6 Å². The second-order valence-corrected chi connectivity index (χ2v) is 23.9. The molecule has 0 aliphatic rings. The van der Waals surface area contributed by atoms with Crippen LogP contribution in [0.2, 0.25) is 0 Å². The van der Waals surface area contributed by atoms with Crippen LogP contribution in [0.25, 0.3) is 0 Å². The Hall–Kier alpha value is -2.18. The highest BCUT2D eigenvalue weighted by atomic mass is 16.5. The summed E-state index contributed by atoms with van der Waals surface area (Å²) in [7, 11) is 0. The second-order valence-electron chi connectivity index (χ2n) is 23.9. The highest BCUT2D eigenvalue weighted by Crippen LogP contribution is 2.18. The maximum atomic E-state index is 12.5. The number of nitrogens with one attached hydrogen (secondary N) is 1. The average Bonchev–Trinajstić information content (AvgIpc) is 3.44. The molecule has 458 valence electrons. The molecule has 0 saturated carbocycles. The van der Waals surface area contributed by atoms with Gasteiger partial charge in [-0.2, -0.15) is 0 Å². The molecule has 0 radical (unpaired) electrons. The van der Waals surface area contributed by atoms with E-state index in [1.807, 2.05) is 6.08 Å². The fourth-order valence-electron chi connectivity index (χ4n) is 10.7. The number of aliphatic hydroxyl groups is 2. The molecule has 6 heteroatoms. The Morgan fingerprint density at radius 3 is 0.987 bits per heavy atom. The Labute approximate surface area is 486 Å². The number of rotatable bonds is 65. The zero-order valence-electron chi connectivity index (χ0n) is 52.4. The lowest BCUT2D eigenvalue weighted by Crippen LogP contribution is -2.45. The third-order valence-electron chi connectivity index (χ3n) is 16.1. The molecule has 1 amide bonds. The van der Waals surface area contributed by atoms with E-state index in [0.29, 0.717) is 19.4 Å². The topological polar surface area (TPSA) is 95.9 Å². The van der Waals surface area contributed by atoms with Crippen molar-refractivity contribution in [2.75, 3.05) is 13.2 Å². The molecule has 0 aliphatic heterocycles. The molecule has 0 saturated heterocycles. The number of unbranched alkanes of at least 4 members (excludes halogenated alkanes) is 48. The normalized spacial score (nSPS) is 12.8. The number of carbonyl (C=O) groups is 2. The van der Waals surface area contributed by atoms with Crippen LogP contribution in [0.15, 0.2) is 48.6 Å². The quantitative estimate of drug-likeness (QED) is 0.0320. The summed E-state index contributed by atoms with van der Waals surface area (Å²) in [5, 5.41) is 23.2. The van der Waals surface area contributed by atoms with Crippen molar-refractivity contribution < 1.29 is 24.5 Å². The van der Waals surface area contributed by atoms with Gasteiger partial charge in [0.15, 0.2) is 0 Å². The van der Waals surface area contributed by atoms with E-state index in [9.17, 15) is 19.8 Å². The Kier molecular flexibility index (Phi) is 65.4. The molecule has 0 bridgehead atoms. The van der Waals surface area contributed by atoms with Gasteiger partial charge in [-0.3, -0.25) is 9.59 Å². The monoisotopic (exact) mass is 1090 g/mol. The smallest absolute Gasteiger partial charge is 0.305 e. The van der Waals surface area contributed by atoms with Gasteiger partial charge < -0.3 is 20.3 Å². The molecular formula is C72H135NO5. The lowest BCUT2D eigenvalue weighted by atomic mass is 10.0. The van der Waals surface area contributed by atoms with E-state index in [4.69, 9.17) is 4.74 Å². The van der Waals surface area contributed by atoms with Crippen molar-refractivity contribution in [3.8, 4) is 0 Å². The number of hydrogen-bond donors (Lipinski definition) is 3. The average molecular weight is 1090 g/mol. The Morgan fingerprint density at radius 1 is 0.359 bits per heavy atom. The number of allylic oxidation sites excluding steroid dienone is 7. The van der Waals surface area contributed by atoms with Crippen LogP contribution in [0.5, 0.6) is 0 Å². The van der Waals surface area contributed by atoms with E-state index in [-0.39, 0.29) is 18.5 Å². The number of carbonyl (C=O) groups excluding carboxylic acids is 2. The van der Waals surface area contributed by atoms with Crippen molar-refractivity contribution in [1.29, 1.82) is 0 Å². The molecule has 0 aliphatic carbocycles. The van der Waals surface area contributed by atoms with Crippen LogP contribution < -0.4 is 5.32 Å².